The molecule has 1 rings (SSSR count). The van der Waals surface area contributed by atoms with Gasteiger partial charge in [0.15, 0.2) is 11.6 Å². The Bertz CT molecular complexity index is 428. The van der Waals surface area contributed by atoms with Gasteiger partial charge in [0.1, 0.15) is 0 Å². The average Bonchev–Trinajstić information content (AvgIpc) is 2.24. The third-order valence-corrected chi connectivity index (χ3v) is 2.43. The zero-order valence-corrected chi connectivity index (χ0v) is 9.85. The van der Waals surface area contributed by atoms with Crippen LogP contribution >= 0.6 is 0 Å². The van der Waals surface area contributed by atoms with E-state index < -0.39 is 11.6 Å². The van der Waals surface area contributed by atoms with Gasteiger partial charge >= 0.3 is 0 Å². The van der Waals surface area contributed by atoms with Gasteiger partial charge in [-0.15, -0.1) is 0 Å². The van der Waals surface area contributed by atoms with Crippen molar-refractivity contribution in [3.05, 3.63) is 58.7 Å². The molecule has 0 saturated carbocycles. The van der Waals surface area contributed by atoms with E-state index in [1.165, 1.54) is 6.07 Å². The lowest BCUT2D eigenvalue weighted by molar-refractivity contribution is 0.500. The van der Waals surface area contributed by atoms with Crippen LogP contribution in [0, 0.1) is 11.6 Å². The number of rotatable bonds is 3. The number of hydrogen-bond acceptors (Lipinski definition) is 0. The highest BCUT2D eigenvalue weighted by Gasteiger charge is 2.07. The second-order valence-electron chi connectivity index (χ2n) is 3.91. The van der Waals surface area contributed by atoms with E-state index in [9.17, 15) is 8.78 Å². The van der Waals surface area contributed by atoms with Crippen molar-refractivity contribution in [1.82, 2.24) is 0 Å². The van der Waals surface area contributed by atoms with Crippen molar-refractivity contribution >= 4 is 0 Å². The summed E-state index contributed by atoms with van der Waals surface area (Å²) in [5.74, 6) is -1.53. The standard InChI is InChI=1S/C14H16F2/c1-4-10(2)8-11(3)9-12-6-5-7-13(15)14(12)16/h4-8H,9H2,1-3H3. The molecule has 86 valence electrons. The summed E-state index contributed by atoms with van der Waals surface area (Å²) in [7, 11) is 0. The lowest BCUT2D eigenvalue weighted by atomic mass is 10.0. The van der Waals surface area contributed by atoms with E-state index in [1.54, 1.807) is 6.07 Å². The van der Waals surface area contributed by atoms with Crippen LogP contribution in [0.25, 0.3) is 0 Å². The fourth-order valence-corrected chi connectivity index (χ4v) is 1.51. The lowest BCUT2D eigenvalue weighted by Crippen LogP contribution is -1.95. The minimum absolute atomic E-state index is 0.401. The molecule has 0 N–H and O–H groups in total. The average molecular weight is 222 g/mol. The van der Waals surface area contributed by atoms with Crippen LogP contribution in [0.1, 0.15) is 26.3 Å². The van der Waals surface area contributed by atoms with Gasteiger partial charge < -0.3 is 0 Å². The molecule has 0 bridgehead atoms. The first-order chi connectivity index (χ1) is 7.54. The third kappa shape index (κ3) is 3.30. The van der Waals surface area contributed by atoms with E-state index >= 15 is 0 Å². The Balaban J connectivity index is 2.89. The normalized spacial score (nSPS) is 13.1. The molecular weight excluding hydrogens is 206 g/mol. The summed E-state index contributed by atoms with van der Waals surface area (Å²) in [4.78, 5) is 0. The van der Waals surface area contributed by atoms with Crippen molar-refractivity contribution in [1.29, 1.82) is 0 Å². The smallest absolute Gasteiger partial charge is 0.162 e. The maximum Gasteiger partial charge on any atom is 0.162 e. The maximum absolute atomic E-state index is 13.4. The van der Waals surface area contributed by atoms with Gasteiger partial charge in [0.25, 0.3) is 0 Å². The zero-order chi connectivity index (χ0) is 12.1. The monoisotopic (exact) mass is 222 g/mol. The van der Waals surface area contributed by atoms with Gasteiger partial charge in [0, 0.05) is 0 Å². The Hall–Kier alpha value is -1.44. The van der Waals surface area contributed by atoms with Crippen molar-refractivity contribution < 1.29 is 8.78 Å². The Morgan fingerprint density at radius 1 is 1.25 bits per heavy atom. The van der Waals surface area contributed by atoms with Crippen molar-refractivity contribution in [3.63, 3.8) is 0 Å². The molecule has 2 heteroatoms. The molecule has 0 unspecified atom stereocenters. The quantitative estimate of drug-likeness (QED) is 0.664. The number of allylic oxidation sites excluding steroid dienone is 4. The van der Waals surface area contributed by atoms with Gasteiger partial charge in [-0.2, -0.15) is 0 Å². The van der Waals surface area contributed by atoms with E-state index in [0.717, 1.165) is 17.2 Å². The Labute approximate surface area is 95.3 Å². The summed E-state index contributed by atoms with van der Waals surface area (Å²) < 4.78 is 26.3. The van der Waals surface area contributed by atoms with Crippen LogP contribution in [0.2, 0.25) is 0 Å². The van der Waals surface area contributed by atoms with Crippen LogP contribution in [-0.2, 0) is 6.42 Å². The maximum atomic E-state index is 13.4. The van der Waals surface area contributed by atoms with Gasteiger partial charge in [-0.05, 0) is 38.8 Å². The van der Waals surface area contributed by atoms with Gasteiger partial charge in [-0.3, -0.25) is 0 Å². The summed E-state index contributed by atoms with van der Waals surface area (Å²) in [6.45, 7) is 5.84. The van der Waals surface area contributed by atoms with Crippen molar-refractivity contribution in [2.24, 2.45) is 0 Å². The molecule has 0 radical (unpaired) electrons. The van der Waals surface area contributed by atoms with E-state index in [0.29, 0.717) is 12.0 Å². The van der Waals surface area contributed by atoms with Crippen LogP contribution in [0.5, 0.6) is 0 Å². The molecule has 0 aliphatic rings. The van der Waals surface area contributed by atoms with E-state index in [-0.39, 0.29) is 0 Å². The zero-order valence-electron chi connectivity index (χ0n) is 9.85. The number of halogens is 2. The first-order valence-corrected chi connectivity index (χ1v) is 5.27. The molecule has 0 fully saturated rings. The van der Waals surface area contributed by atoms with Gasteiger partial charge in [0.05, 0.1) is 0 Å². The van der Waals surface area contributed by atoms with Crippen LogP contribution in [0.15, 0.2) is 41.5 Å². The summed E-state index contributed by atoms with van der Waals surface area (Å²) in [6, 6.07) is 4.28. The summed E-state index contributed by atoms with van der Waals surface area (Å²) in [5.41, 5.74) is 2.53. The highest BCUT2D eigenvalue weighted by molar-refractivity contribution is 5.27. The summed E-state index contributed by atoms with van der Waals surface area (Å²) in [6.07, 6.45) is 4.39. The fraction of sp³-hybridized carbons (Fsp3) is 0.286. The Morgan fingerprint density at radius 3 is 2.56 bits per heavy atom. The second-order valence-corrected chi connectivity index (χ2v) is 3.91. The van der Waals surface area contributed by atoms with Crippen LogP contribution in [0.3, 0.4) is 0 Å². The molecule has 0 nitrogen and oxygen atoms in total. The molecule has 0 atom stereocenters. The van der Waals surface area contributed by atoms with Crippen LogP contribution in [-0.4, -0.2) is 0 Å². The van der Waals surface area contributed by atoms with E-state index in [4.69, 9.17) is 0 Å². The summed E-state index contributed by atoms with van der Waals surface area (Å²) >= 11 is 0. The molecule has 0 heterocycles. The Kier molecular flexibility index (Phi) is 4.41. The molecular formula is C14H16F2. The van der Waals surface area contributed by atoms with Crippen molar-refractivity contribution in [3.8, 4) is 0 Å². The molecule has 0 aliphatic heterocycles. The number of benzene rings is 1. The highest BCUT2D eigenvalue weighted by Crippen LogP contribution is 2.16. The van der Waals surface area contributed by atoms with Gasteiger partial charge in [0.2, 0.25) is 0 Å². The molecule has 0 aromatic heterocycles. The van der Waals surface area contributed by atoms with Crippen LogP contribution in [0.4, 0.5) is 8.78 Å². The molecule has 0 spiro atoms. The minimum Gasteiger partial charge on any atom is -0.204 e. The predicted octanol–water partition coefficient (Wildman–Crippen LogP) is 4.42. The van der Waals surface area contributed by atoms with E-state index in [2.05, 4.69) is 0 Å². The molecule has 0 amide bonds. The van der Waals surface area contributed by atoms with Gasteiger partial charge in [-0.25, -0.2) is 8.78 Å². The highest BCUT2D eigenvalue weighted by atomic mass is 19.2. The molecule has 16 heavy (non-hydrogen) atoms. The van der Waals surface area contributed by atoms with E-state index in [1.807, 2.05) is 32.9 Å². The molecule has 0 saturated heterocycles. The number of hydrogen-bond donors (Lipinski definition) is 0. The summed E-state index contributed by atoms with van der Waals surface area (Å²) in [5, 5.41) is 0. The first kappa shape index (κ1) is 12.6. The predicted molar refractivity (Wildman–Crippen MR) is 63.3 cm³/mol. The molecule has 0 aliphatic carbocycles. The Morgan fingerprint density at radius 2 is 1.94 bits per heavy atom. The third-order valence-electron chi connectivity index (χ3n) is 2.43. The van der Waals surface area contributed by atoms with Crippen molar-refractivity contribution in [2.45, 2.75) is 27.2 Å². The molecule has 1 aromatic carbocycles. The molecule has 1 aromatic rings. The first-order valence-electron chi connectivity index (χ1n) is 5.27. The van der Waals surface area contributed by atoms with Crippen LogP contribution < -0.4 is 0 Å². The topological polar surface area (TPSA) is 0 Å². The SMILES string of the molecule is CC=C(C)C=C(C)Cc1cccc(F)c1F. The van der Waals surface area contributed by atoms with Crippen molar-refractivity contribution in [2.75, 3.05) is 0 Å². The second kappa shape index (κ2) is 5.59. The minimum atomic E-state index is -0.784. The lowest BCUT2D eigenvalue weighted by Gasteiger charge is -2.04. The van der Waals surface area contributed by atoms with Gasteiger partial charge in [-0.1, -0.05) is 35.4 Å². The largest absolute Gasteiger partial charge is 0.204 e. The fourth-order valence-electron chi connectivity index (χ4n) is 1.51.